The molecule has 0 aliphatic rings. The summed E-state index contributed by atoms with van der Waals surface area (Å²) in [5.74, 6) is 0.133. The second-order valence-electron chi connectivity index (χ2n) is 6.22. The zero-order valence-corrected chi connectivity index (χ0v) is 14.3. The van der Waals surface area contributed by atoms with Crippen LogP contribution in [0, 0.1) is 0 Å². The fourth-order valence-electron chi connectivity index (χ4n) is 1.91. The molecule has 0 saturated carbocycles. The Morgan fingerprint density at radius 2 is 1.75 bits per heavy atom. The first kappa shape index (κ1) is 16.9. The molecule has 0 bridgehead atoms. The quantitative estimate of drug-likeness (QED) is 0.570. The summed E-state index contributed by atoms with van der Waals surface area (Å²) in [6.45, 7) is 11.5. The lowest BCUT2D eigenvalue weighted by Gasteiger charge is -2.16. The molecule has 0 atom stereocenters. The number of benzene rings is 1. The van der Waals surface area contributed by atoms with Gasteiger partial charge in [0, 0.05) is 26.1 Å². The van der Waals surface area contributed by atoms with Gasteiger partial charge in [0.15, 0.2) is 0 Å². The van der Waals surface area contributed by atoms with Gasteiger partial charge < -0.3 is 10.6 Å². The van der Waals surface area contributed by atoms with Crippen LogP contribution in [0.2, 0.25) is 19.6 Å². The van der Waals surface area contributed by atoms with E-state index in [0.717, 1.165) is 26.1 Å². The first-order valence-corrected chi connectivity index (χ1v) is 11.0. The molecule has 3 nitrogen and oxygen atoms in total. The van der Waals surface area contributed by atoms with Gasteiger partial charge in [-0.25, -0.2) is 0 Å². The summed E-state index contributed by atoms with van der Waals surface area (Å²) < 4.78 is 0. The Bertz CT molecular complexity index is 409. The van der Waals surface area contributed by atoms with Gasteiger partial charge in [-0.3, -0.25) is 4.79 Å². The highest BCUT2D eigenvalue weighted by Crippen LogP contribution is 2.04. The molecule has 0 aliphatic carbocycles. The minimum atomic E-state index is -1.20. The van der Waals surface area contributed by atoms with Crippen LogP contribution in [0.3, 0.4) is 0 Å². The standard InChI is InChI=1S/C16H28N2OSi/c1-5-11-18-16(19)10-12-17-13-14-6-8-15(9-7-14)20(2,3)4/h6-9,17H,5,10-13H2,1-4H3,(H,18,19). The van der Waals surface area contributed by atoms with Crippen LogP contribution in [0.5, 0.6) is 0 Å². The molecule has 0 unspecified atom stereocenters. The molecule has 0 spiro atoms. The Labute approximate surface area is 124 Å². The highest BCUT2D eigenvalue weighted by atomic mass is 28.3. The van der Waals surface area contributed by atoms with Gasteiger partial charge in [-0.15, -0.1) is 0 Å². The minimum Gasteiger partial charge on any atom is -0.356 e. The van der Waals surface area contributed by atoms with E-state index in [2.05, 4.69) is 61.5 Å². The van der Waals surface area contributed by atoms with E-state index >= 15 is 0 Å². The molecule has 1 rings (SSSR count). The van der Waals surface area contributed by atoms with Crippen LogP contribution in [-0.4, -0.2) is 27.1 Å². The van der Waals surface area contributed by atoms with Crippen LogP contribution >= 0.6 is 0 Å². The summed E-state index contributed by atoms with van der Waals surface area (Å²) >= 11 is 0. The Morgan fingerprint density at radius 1 is 1.10 bits per heavy atom. The SMILES string of the molecule is CCCNC(=O)CCNCc1ccc([Si](C)(C)C)cc1. The van der Waals surface area contributed by atoms with Crippen LogP contribution < -0.4 is 15.8 Å². The fourth-order valence-corrected chi connectivity index (χ4v) is 3.08. The molecule has 112 valence electrons. The van der Waals surface area contributed by atoms with Gasteiger partial charge in [0.2, 0.25) is 5.91 Å². The van der Waals surface area contributed by atoms with Crippen molar-refractivity contribution >= 4 is 19.2 Å². The average molecular weight is 292 g/mol. The van der Waals surface area contributed by atoms with Crippen molar-refractivity contribution in [1.29, 1.82) is 0 Å². The number of amides is 1. The zero-order chi connectivity index (χ0) is 15.0. The first-order valence-electron chi connectivity index (χ1n) is 7.50. The average Bonchev–Trinajstić information content (AvgIpc) is 2.41. The van der Waals surface area contributed by atoms with Gasteiger partial charge in [-0.1, -0.05) is 56.0 Å². The van der Waals surface area contributed by atoms with E-state index in [1.54, 1.807) is 0 Å². The van der Waals surface area contributed by atoms with Crippen molar-refractivity contribution in [3.05, 3.63) is 29.8 Å². The number of hydrogen-bond donors (Lipinski definition) is 2. The highest BCUT2D eigenvalue weighted by Gasteiger charge is 2.15. The summed E-state index contributed by atoms with van der Waals surface area (Å²) in [4.78, 5) is 11.4. The molecule has 0 heterocycles. The molecule has 0 aliphatic heterocycles. The number of hydrogen-bond acceptors (Lipinski definition) is 2. The van der Waals surface area contributed by atoms with Crippen LogP contribution in [0.15, 0.2) is 24.3 Å². The molecule has 20 heavy (non-hydrogen) atoms. The van der Waals surface area contributed by atoms with Crippen molar-refractivity contribution in [2.45, 2.75) is 46.0 Å². The summed E-state index contributed by atoms with van der Waals surface area (Å²) in [6, 6.07) is 8.88. The molecule has 4 heteroatoms. The van der Waals surface area contributed by atoms with Gasteiger partial charge >= 0.3 is 0 Å². The van der Waals surface area contributed by atoms with Crippen molar-refractivity contribution in [2.75, 3.05) is 13.1 Å². The first-order chi connectivity index (χ1) is 9.43. The summed E-state index contributed by atoms with van der Waals surface area (Å²) in [5.41, 5.74) is 1.28. The summed E-state index contributed by atoms with van der Waals surface area (Å²) in [5, 5.41) is 7.68. The third-order valence-electron chi connectivity index (χ3n) is 3.25. The van der Waals surface area contributed by atoms with Crippen LogP contribution in [-0.2, 0) is 11.3 Å². The molecular formula is C16H28N2OSi. The number of rotatable bonds is 8. The van der Waals surface area contributed by atoms with Gasteiger partial charge in [0.25, 0.3) is 0 Å². The van der Waals surface area contributed by atoms with E-state index in [0.29, 0.717) is 6.42 Å². The topological polar surface area (TPSA) is 41.1 Å². The minimum absolute atomic E-state index is 0.133. The molecular weight excluding hydrogens is 264 g/mol. The number of carbonyl (C=O) groups is 1. The number of carbonyl (C=O) groups excluding carboxylic acids is 1. The fraction of sp³-hybridized carbons (Fsp3) is 0.562. The molecule has 1 amide bonds. The largest absolute Gasteiger partial charge is 0.356 e. The highest BCUT2D eigenvalue weighted by molar-refractivity contribution is 6.88. The number of nitrogens with one attached hydrogen (secondary N) is 2. The normalized spacial score (nSPS) is 11.4. The van der Waals surface area contributed by atoms with E-state index in [1.165, 1.54) is 10.8 Å². The van der Waals surface area contributed by atoms with Gasteiger partial charge in [-0.05, 0) is 12.0 Å². The zero-order valence-electron chi connectivity index (χ0n) is 13.3. The maximum Gasteiger partial charge on any atom is 0.221 e. The third-order valence-corrected chi connectivity index (χ3v) is 5.32. The Hall–Kier alpha value is -1.13. The van der Waals surface area contributed by atoms with Crippen LogP contribution in [0.25, 0.3) is 0 Å². The molecule has 0 aromatic heterocycles. The van der Waals surface area contributed by atoms with Gasteiger partial charge in [0.1, 0.15) is 0 Å². The van der Waals surface area contributed by atoms with Crippen molar-refractivity contribution < 1.29 is 4.79 Å². The third kappa shape index (κ3) is 6.35. The summed E-state index contributed by atoms with van der Waals surface area (Å²) in [6.07, 6.45) is 1.54. The van der Waals surface area contributed by atoms with E-state index in [9.17, 15) is 4.79 Å². The maximum atomic E-state index is 11.4. The predicted molar refractivity (Wildman–Crippen MR) is 89.0 cm³/mol. The molecule has 2 N–H and O–H groups in total. The van der Waals surface area contributed by atoms with Crippen molar-refractivity contribution in [3.63, 3.8) is 0 Å². The Kier molecular flexibility index (Phi) is 6.95. The molecule has 0 saturated heterocycles. The molecule has 0 radical (unpaired) electrons. The van der Waals surface area contributed by atoms with Crippen LogP contribution in [0.4, 0.5) is 0 Å². The monoisotopic (exact) mass is 292 g/mol. The van der Waals surface area contributed by atoms with Gasteiger partial charge in [-0.2, -0.15) is 0 Å². The molecule has 0 fully saturated rings. The Balaban J connectivity index is 2.27. The summed E-state index contributed by atoms with van der Waals surface area (Å²) in [7, 11) is -1.20. The van der Waals surface area contributed by atoms with E-state index in [-0.39, 0.29) is 5.91 Å². The second kappa shape index (κ2) is 8.22. The molecule has 1 aromatic rings. The van der Waals surface area contributed by atoms with Crippen LogP contribution in [0.1, 0.15) is 25.3 Å². The van der Waals surface area contributed by atoms with E-state index < -0.39 is 8.07 Å². The second-order valence-corrected chi connectivity index (χ2v) is 11.3. The molecule has 1 aromatic carbocycles. The van der Waals surface area contributed by atoms with Crippen molar-refractivity contribution in [3.8, 4) is 0 Å². The maximum absolute atomic E-state index is 11.4. The van der Waals surface area contributed by atoms with Crippen molar-refractivity contribution in [2.24, 2.45) is 0 Å². The lowest BCUT2D eigenvalue weighted by atomic mass is 10.2. The smallest absolute Gasteiger partial charge is 0.221 e. The van der Waals surface area contributed by atoms with Crippen molar-refractivity contribution in [1.82, 2.24) is 10.6 Å². The Morgan fingerprint density at radius 3 is 2.30 bits per heavy atom. The predicted octanol–water partition coefficient (Wildman–Crippen LogP) is 2.24. The lowest BCUT2D eigenvalue weighted by Crippen LogP contribution is -2.37. The lowest BCUT2D eigenvalue weighted by molar-refractivity contribution is -0.120. The van der Waals surface area contributed by atoms with E-state index in [4.69, 9.17) is 0 Å². The van der Waals surface area contributed by atoms with E-state index in [1.807, 2.05) is 0 Å². The van der Waals surface area contributed by atoms with Gasteiger partial charge in [0.05, 0.1) is 8.07 Å².